The lowest BCUT2D eigenvalue weighted by molar-refractivity contribution is 0.0695. The van der Waals surface area contributed by atoms with Crippen molar-refractivity contribution in [3.8, 4) is 11.3 Å². The first-order valence-electron chi connectivity index (χ1n) is 11.5. The van der Waals surface area contributed by atoms with E-state index in [2.05, 4.69) is 31.0 Å². The third kappa shape index (κ3) is 8.00. The van der Waals surface area contributed by atoms with E-state index in [0.29, 0.717) is 5.56 Å². The Morgan fingerprint density at radius 3 is 2.14 bits per heavy atom. The molecule has 0 amide bonds. The van der Waals surface area contributed by atoms with Crippen LogP contribution in [-0.4, -0.2) is 16.1 Å². The Kier molecular flexibility index (Phi) is 10.5. The molecule has 0 atom stereocenters. The van der Waals surface area contributed by atoms with E-state index >= 15 is 0 Å². The van der Waals surface area contributed by atoms with E-state index in [0.717, 1.165) is 42.5 Å². The first-order valence-corrected chi connectivity index (χ1v) is 11.5. The summed E-state index contributed by atoms with van der Waals surface area (Å²) in [5.41, 5.74) is 4.56. The van der Waals surface area contributed by atoms with Crippen LogP contribution in [0.2, 0.25) is 0 Å². The summed E-state index contributed by atoms with van der Waals surface area (Å²) in [5.74, 6) is -0.840. The third-order valence-electron chi connectivity index (χ3n) is 5.57. The number of aryl methyl sites for hydroxylation is 2. The molecule has 1 aromatic carbocycles. The van der Waals surface area contributed by atoms with Crippen molar-refractivity contribution >= 4 is 5.97 Å². The van der Waals surface area contributed by atoms with E-state index in [-0.39, 0.29) is 0 Å². The van der Waals surface area contributed by atoms with Crippen LogP contribution in [0.4, 0.5) is 0 Å². The molecule has 0 saturated carbocycles. The van der Waals surface area contributed by atoms with Crippen LogP contribution in [0.15, 0.2) is 36.5 Å². The van der Waals surface area contributed by atoms with Crippen LogP contribution in [0.5, 0.6) is 0 Å². The molecule has 2 rings (SSSR count). The smallest absolute Gasteiger partial charge is 0.335 e. The second-order valence-corrected chi connectivity index (χ2v) is 8.06. The topological polar surface area (TPSA) is 50.2 Å². The number of pyridine rings is 1. The van der Waals surface area contributed by atoms with Gasteiger partial charge < -0.3 is 5.11 Å². The number of aromatic carboxylic acids is 1. The zero-order chi connectivity index (χ0) is 20.9. The second-order valence-electron chi connectivity index (χ2n) is 8.06. The summed E-state index contributed by atoms with van der Waals surface area (Å²) in [4.78, 5) is 16.3. The summed E-state index contributed by atoms with van der Waals surface area (Å²) in [5, 5.41) is 9.54. The van der Waals surface area contributed by atoms with Crippen molar-refractivity contribution in [1.82, 2.24) is 4.98 Å². The van der Waals surface area contributed by atoms with Crippen LogP contribution in [0.1, 0.15) is 99.5 Å². The standard InChI is InChI=1S/C26H37NO2/c1-3-5-7-9-10-12-14-22-19-23(16-17-24(22)26(28)29)25-18-15-21(20-27-25)13-11-8-6-4-2/h15-20H,3-14H2,1-2H3,(H,28,29). The highest BCUT2D eigenvalue weighted by Crippen LogP contribution is 2.23. The minimum Gasteiger partial charge on any atom is -0.478 e. The molecule has 3 heteroatoms. The molecule has 1 aromatic heterocycles. The third-order valence-corrected chi connectivity index (χ3v) is 5.57. The summed E-state index contributed by atoms with van der Waals surface area (Å²) >= 11 is 0. The van der Waals surface area contributed by atoms with Crippen molar-refractivity contribution < 1.29 is 9.90 Å². The molecule has 158 valence electrons. The van der Waals surface area contributed by atoms with E-state index in [4.69, 9.17) is 0 Å². The molecular formula is C26H37NO2. The zero-order valence-electron chi connectivity index (χ0n) is 18.3. The molecule has 0 bridgehead atoms. The lowest BCUT2D eigenvalue weighted by Gasteiger charge is -2.10. The maximum atomic E-state index is 11.6. The second kappa shape index (κ2) is 13.1. The van der Waals surface area contributed by atoms with E-state index < -0.39 is 5.97 Å². The number of unbranched alkanes of at least 4 members (excludes halogenated alkanes) is 8. The normalized spacial score (nSPS) is 11.0. The van der Waals surface area contributed by atoms with Crippen LogP contribution < -0.4 is 0 Å². The summed E-state index contributed by atoms with van der Waals surface area (Å²) in [6.07, 6.45) is 16.1. The Balaban J connectivity index is 2.01. The van der Waals surface area contributed by atoms with Crippen LogP contribution in [0.25, 0.3) is 11.3 Å². The highest BCUT2D eigenvalue weighted by molar-refractivity contribution is 5.90. The summed E-state index contributed by atoms with van der Waals surface area (Å²) in [6.45, 7) is 4.45. The van der Waals surface area contributed by atoms with Crippen molar-refractivity contribution in [2.24, 2.45) is 0 Å². The largest absolute Gasteiger partial charge is 0.478 e. The van der Waals surface area contributed by atoms with Gasteiger partial charge >= 0.3 is 5.97 Å². The molecule has 0 saturated heterocycles. The zero-order valence-corrected chi connectivity index (χ0v) is 18.3. The monoisotopic (exact) mass is 395 g/mol. The van der Waals surface area contributed by atoms with Gasteiger partial charge in [0.15, 0.2) is 0 Å². The van der Waals surface area contributed by atoms with E-state index in [1.54, 1.807) is 6.07 Å². The molecule has 0 fully saturated rings. The predicted molar refractivity (Wildman–Crippen MR) is 122 cm³/mol. The number of hydrogen-bond donors (Lipinski definition) is 1. The Morgan fingerprint density at radius 1 is 0.828 bits per heavy atom. The highest BCUT2D eigenvalue weighted by Gasteiger charge is 2.12. The molecule has 1 N–H and O–H groups in total. The molecule has 2 aromatic rings. The van der Waals surface area contributed by atoms with Gasteiger partial charge in [0.05, 0.1) is 11.3 Å². The van der Waals surface area contributed by atoms with Gasteiger partial charge in [0.2, 0.25) is 0 Å². The maximum Gasteiger partial charge on any atom is 0.335 e. The lowest BCUT2D eigenvalue weighted by atomic mass is 9.96. The van der Waals surface area contributed by atoms with Gasteiger partial charge in [-0.3, -0.25) is 4.98 Å². The number of carboxylic acids is 1. The average Bonchev–Trinajstić information content (AvgIpc) is 2.74. The van der Waals surface area contributed by atoms with Gasteiger partial charge in [-0.1, -0.05) is 77.3 Å². The van der Waals surface area contributed by atoms with Gasteiger partial charge in [0.1, 0.15) is 0 Å². The van der Waals surface area contributed by atoms with Crippen LogP contribution in [-0.2, 0) is 12.8 Å². The van der Waals surface area contributed by atoms with E-state index in [9.17, 15) is 9.90 Å². The fourth-order valence-electron chi connectivity index (χ4n) is 3.76. The van der Waals surface area contributed by atoms with Crippen molar-refractivity contribution in [3.63, 3.8) is 0 Å². The predicted octanol–water partition coefficient (Wildman–Crippen LogP) is 7.47. The lowest BCUT2D eigenvalue weighted by Crippen LogP contribution is -2.03. The van der Waals surface area contributed by atoms with Gasteiger partial charge in [-0.2, -0.15) is 0 Å². The number of nitrogens with zero attached hydrogens (tertiary/aromatic N) is 1. The number of rotatable bonds is 14. The minimum absolute atomic E-state index is 0.426. The number of hydrogen-bond acceptors (Lipinski definition) is 2. The van der Waals surface area contributed by atoms with Gasteiger partial charge in [0.25, 0.3) is 0 Å². The molecule has 0 aliphatic heterocycles. The Morgan fingerprint density at radius 2 is 1.48 bits per heavy atom. The number of benzene rings is 1. The SMILES string of the molecule is CCCCCCCCc1cc(-c2ccc(CCCCCC)cn2)ccc1C(=O)O. The molecule has 1 heterocycles. The molecule has 0 spiro atoms. The molecule has 0 aliphatic rings. The molecule has 29 heavy (non-hydrogen) atoms. The van der Waals surface area contributed by atoms with Crippen LogP contribution in [0, 0.1) is 0 Å². The quantitative estimate of drug-likeness (QED) is 0.337. The van der Waals surface area contributed by atoms with Crippen molar-refractivity contribution in [1.29, 1.82) is 0 Å². The summed E-state index contributed by atoms with van der Waals surface area (Å²) in [7, 11) is 0. The van der Waals surface area contributed by atoms with Gasteiger partial charge in [-0.15, -0.1) is 0 Å². The van der Waals surface area contributed by atoms with Gasteiger partial charge in [0, 0.05) is 11.8 Å². The Hall–Kier alpha value is -2.16. The van der Waals surface area contributed by atoms with E-state index in [1.807, 2.05) is 18.3 Å². The summed E-state index contributed by atoms with van der Waals surface area (Å²) < 4.78 is 0. The Bertz CT molecular complexity index is 737. The van der Waals surface area contributed by atoms with Crippen molar-refractivity contribution in [2.45, 2.75) is 90.9 Å². The first-order chi connectivity index (χ1) is 14.2. The molecule has 0 radical (unpaired) electrons. The highest BCUT2D eigenvalue weighted by atomic mass is 16.4. The van der Waals surface area contributed by atoms with Crippen molar-refractivity contribution in [3.05, 3.63) is 53.2 Å². The molecule has 0 aliphatic carbocycles. The van der Waals surface area contributed by atoms with Gasteiger partial charge in [-0.25, -0.2) is 4.79 Å². The number of carbonyl (C=O) groups is 1. The van der Waals surface area contributed by atoms with Crippen molar-refractivity contribution in [2.75, 3.05) is 0 Å². The van der Waals surface area contributed by atoms with Crippen LogP contribution >= 0.6 is 0 Å². The average molecular weight is 396 g/mol. The molecular weight excluding hydrogens is 358 g/mol. The van der Waals surface area contributed by atoms with Gasteiger partial charge in [-0.05, 0) is 55.0 Å². The maximum absolute atomic E-state index is 11.6. The number of aromatic nitrogens is 1. The van der Waals surface area contributed by atoms with Crippen LogP contribution in [0.3, 0.4) is 0 Å². The van der Waals surface area contributed by atoms with E-state index in [1.165, 1.54) is 56.9 Å². The fraction of sp³-hybridized carbons (Fsp3) is 0.538. The molecule has 0 unspecified atom stereocenters. The summed E-state index contributed by atoms with van der Waals surface area (Å²) in [6, 6.07) is 9.88. The fourth-order valence-corrected chi connectivity index (χ4v) is 3.76. The molecule has 3 nitrogen and oxygen atoms in total. The number of carboxylic acid groups (broad SMARTS) is 1. The minimum atomic E-state index is -0.840. The Labute approximate surface area is 176 Å². The first kappa shape index (κ1) is 23.1.